The van der Waals surface area contributed by atoms with Crippen LogP contribution in [0.4, 0.5) is 0 Å². The Bertz CT molecular complexity index is 57.9. The molecule has 0 spiro atoms. The van der Waals surface area contributed by atoms with Gasteiger partial charge in [0.25, 0.3) is 0 Å². The van der Waals surface area contributed by atoms with E-state index in [0.717, 1.165) is 13.2 Å². The van der Waals surface area contributed by atoms with Crippen LogP contribution in [0, 0.1) is 0 Å². The molecule has 0 aromatic rings. The predicted octanol–water partition coefficient (Wildman–Crippen LogP) is 0.0985. The molecule has 0 aliphatic rings. The predicted molar refractivity (Wildman–Crippen MR) is 44.8 cm³/mol. The fraction of sp³-hybridized carbons (Fsp3) is 1.00. The summed E-state index contributed by atoms with van der Waals surface area (Å²) in [4.78, 5) is 0. The van der Waals surface area contributed by atoms with Crippen molar-refractivity contribution in [1.29, 1.82) is 0 Å². The number of rotatable bonds is 6. The molecule has 3 N–H and O–H groups in total. The SMILES string of the molecule is CCCNC(C)NCNC. The third-order valence-electron chi connectivity index (χ3n) is 1.29. The van der Waals surface area contributed by atoms with Crippen LogP contribution < -0.4 is 16.0 Å². The molecule has 0 radical (unpaired) electrons. The van der Waals surface area contributed by atoms with Gasteiger partial charge in [-0.1, -0.05) is 6.92 Å². The summed E-state index contributed by atoms with van der Waals surface area (Å²) in [6, 6.07) is 0. The Balaban J connectivity index is 3.00. The Labute approximate surface area is 63.6 Å². The van der Waals surface area contributed by atoms with Gasteiger partial charge in [0.1, 0.15) is 0 Å². The lowest BCUT2D eigenvalue weighted by molar-refractivity contribution is 0.443. The van der Waals surface area contributed by atoms with Crippen LogP contribution in [-0.2, 0) is 0 Å². The van der Waals surface area contributed by atoms with E-state index in [4.69, 9.17) is 0 Å². The maximum Gasteiger partial charge on any atom is 0.0552 e. The van der Waals surface area contributed by atoms with Gasteiger partial charge in [-0.15, -0.1) is 0 Å². The first-order valence-electron chi connectivity index (χ1n) is 3.92. The molecule has 0 heterocycles. The maximum absolute atomic E-state index is 3.32. The van der Waals surface area contributed by atoms with Gasteiger partial charge in [0.05, 0.1) is 6.17 Å². The summed E-state index contributed by atoms with van der Waals surface area (Å²) < 4.78 is 0. The molecule has 0 aromatic heterocycles. The van der Waals surface area contributed by atoms with E-state index in [0.29, 0.717) is 6.17 Å². The molecule has 0 bridgehead atoms. The van der Waals surface area contributed by atoms with Crippen LogP contribution in [0.5, 0.6) is 0 Å². The highest BCUT2D eigenvalue weighted by Gasteiger charge is 1.94. The molecular weight excluding hydrogens is 126 g/mol. The zero-order chi connectivity index (χ0) is 7.82. The zero-order valence-corrected chi connectivity index (χ0v) is 7.20. The van der Waals surface area contributed by atoms with Gasteiger partial charge in [-0.2, -0.15) is 0 Å². The minimum Gasteiger partial charge on any atom is -0.308 e. The van der Waals surface area contributed by atoms with Crippen LogP contribution >= 0.6 is 0 Å². The summed E-state index contributed by atoms with van der Waals surface area (Å²) in [5.41, 5.74) is 0. The van der Waals surface area contributed by atoms with Crippen LogP contribution in [0.2, 0.25) is 0 Å². The van der Waals surface area contributed by atoms with E-state index in [2.05, 4.69) is 29.8 Å². The Morgan fingerprint density at radius 1 is 1.30 bits per heavy atom. The molecular formula is C7H19N3. The topological polar surface area (TPSA) is 36.1 Å². The fourth-order valence-corrected chi connectivity index (χ4v) is 0.688. The van der Waals surface area contributed by atoms with E-state index in [9.17, 15) is 0 Å². The van der Waals surface area contributed by atoms with Gasteiger partial charge in [-0.3, -0.25) is 5.32 Å². The van der Waals surface area contributed by atoms with E-state index in [-0.39, 0.29) is 0 Å². The van der Waals surface area contributed by atoms with Gasteiger partial charge in [0.15, 0.2) is 0 Å². The third-order valence-corrected chi connectivity index (χ3v) is 1.29. The van der Waals surface area contributed by atoms with Crippen LogP contribution in [0.15, 0.2) is 0 Å². The molecule has 3 nitrogen and oxygen atoms in total. The smallest absolute Gasteiger partial charge is 0.0552 e. The summed E-state index contributed by atoms with van der Waals surface area (Å²) >= 11 is 0. The molecule has 0 saturated heterocycles. The van der Waals surface area contributed by atoms with Gasteiger partial charge in [0.2, 0.25) is 0 Å². The molecule has 10 heavy (non-hydrogen) atoms. The summed E-state index contributed by atoms with van der Waals surface area (Å²) in [6.07, 6.45) is 1.60. The first-order valence-corrected chi connectivity index (χ1v) is 3.92. The van der Waals surface area contributed by atoms with Gasteiger partial charge in [-0.05, 0) is 26.9 Å². The van der Waals surface area contributed by atoms with Crippen molar-refractivity contribution in [3.8, 4) is 0 Å². The highest BCUT2D eigenvalue weighted by atomic mass is 15.2. The second-order valence-corrected chi connectivity index (χ2v) is 2.41. The fourth-order valence-electron chi connectivity index (χ4n) is 0.688. The van der Waals surface area contributed by atoms with E-state index in [1.54, 1.807) is 0 Å². The van der Waals surface area contributed by atoms with Crippen LogP contribution in [0.1, 0.15) is 20.3 Å². The summed E-state index contributed by atoms with van der Waals surface area (Å²) in [5, 5.41) is 9.58. The lowest BCUT2D eigenvalue weighted by atomic mass is 10.4. The molecule has 0 aliphatic heterocycles. The highest BCUT2D eigenvalue weighted by Crippen LogP contribution is 1.74. The second-order valence-electron chi connectivity index (χ2n) is 2.41. The quantitative estimate of drug-likeness (QED) is 0.464. The van der Waals surface area contributed by atoms with E-state index in [1.807, 2.05) is 7.05 Å². The average Bonchev–Trinajstić information content (AvgIpc) is 1.97. The van der Waals surface area contributed by atoms with Crippen molar-refractivity contribution in [2.24, 2.45) is 0 Å². The largest absolute Gasteiger partial charge is 0.308 e. The normalized spacial score (nSPS) is 13.5. The van der Waals surface area contributed by atoms with Crippen molar-refractivity contribution < 1.29 is 0 Å². The second kappa shape index (κ2) is 6.99. The van der Waals surface area contributed by atoms with Crippen molar-refractivity contribution in [2.45, 2.75) is 26.4 Å². The van der Waals surface area contributed by atoms with Crippen molar-refractivity contribution in [2.75, 3.05) is 20.3 Å². The van der Waals surface area contributed by atoms with Crippen molar-refractivity contribution in [3.63, 3.8) is 0 Å². The average molecular weight is 145 g/mol. The minimum absolute atomic E-state index is 0.410. The lowest BCUT2D eigenvalue weighted by Gasteiger charge is -2.14. The van der Waals surface area contributed by atoms with Crippen LogP contribution in [0.25, 0.3) is 0 Å². The summed E-state index contributed by atoms with van der Waals surface area (Å²) in [6.45, 7) is 6.22. The Morgan fingerprint density at radius 2 is 2.00 bits per heavy atom. The van der Waals surface area contributed by atoms with Crippen LogP contribution in [0.3, 0.4) is 0 Å². The number of hydrogen-bond donors (Lipinski definition) is 3. The molecule has 0 rings (SSSR count). The van der Waals surface area contributed by atoms with Crippen molar-refractivity contribution in [3.05, 3.63) is 0 Å². The van der Waals surface area contributed by atoms with Gasteiger partial charge in [-0.25, -0.2) is 0 Å². The maximum atomic E-state index is 3.32. The van der Waals surface area contributed by atoms with Crippen LogP contribution in [-0.4, -0.2) is 26.4 Å². The lowest BCUT2D eigenvalue weighted by Crippen LogP contribution is -2.43. The third kappa shape index (κ3) is 6.01. The van der Waals surface area contributed by atoms with Gasteiger partial charge < -0.3 is 10.6 Å². The van der Waals surface area contributed by atoms with Gasteiger partial charge in [0, 0.05) is 6.67 Å². The first kappa shape index (κ1) is 9.88. The molecule has 0 aliphatic carbocycles. The molecule has 0 amide bonds. The molecule has 1 unspecified atom stereocenters. The van der Waals surface area contributed by atoms with Gasteiger partial charge >= 0.3 is 0 Å². The first-order chi connectivity index (χ1) is 4.81. The minimum atomic E-state index is 0.410. The molecule has 62 valence electrons. The monoisotopic (exact) mass is 145 g/mol. The summed E-state index contributed by atoms with van der Waals surface area (Å²) in [7, 11) is 1.93. The zero-order valence-electron chi connectivity index (χ0n) is 7.20. The number of hydrogen-bond acceptors (Lipinski definition) is 3. The molecule has 3 heteroatoms. The molecule has 0 saturated carbocycles. The van der Waals surface area contributed by atoms with Crippen molar-refractivity contribution >= 4 is 0 Å². The molecule has 1 atom stereocenters. The Kier molecular flexibility index (Phi) is 6.91. The van der Waals surface area contributed by atoms with E-state index >= 15 is 0 Å². The Morgan fingerprint density at radius 3 is 2.50 bits per heavy atom. The van der Waals surface area contributed by atoms with E-state index in [1.165, 1.54) is 6.42 Å². The standard InChI is InChI=1S/C7H19N3/c1-4-5-9-7(2)10-6-8-3/h7-10H,4-6H2,1-3H3. The highest BCUT2D eigenvalue weighted by molar-refractivity contribution is 4.54. The summed E-state index contributed by atoms with van der Waals surface area (Å²) in [5.74, 6) is 0. The molecule has 0 aromatic carbocycles. The van der Waals surface area contributed by atoms with Crippen molar-refractivity contribution in [1.82, 2.24) is 16.0 Å². The van der Waals surface area contributed by atoms with E-state index < -0.39 is 0 Å². The Hall–Kier alpha value is -0.120. The number of nitrogens with one attached hydrogen (secondary N) is 3. The molecule has 0 fully saturated rings.